The molecule has 0 spiro atoms. The molecular weight excluding hydrogens is 264 g/mol. The summed E-state index contributed by atoms with van der Waals surface area (Å²) in [6.45, 7) is 5.81. The van der Waals surface area contributed by atoms with Gasteiger partial charge in [0.1, 0.15) is 0 Å². The zero-order valence-electron chi connectivity index (χ0n) is 12.6. The maximum Gasteiger partial charge on any atom is 0.224 e. The van der Waals surface area contributed by atoms with Gasteiger partial charge in [-0.05, 0) is 32.0 Å². The van der Waals surface area contributed by atoms with Gasteiger partial charge in [-0.3, -0.25) is 14.8 Å². The highest BCUT2D eigenvalue weighted by Crippen LogP contribution is 2.21. The van der Waals surface area contributed by atoms with Gasteiger partial charge in [0.25, 0.3) is 0 Å². The minimum atomic E-state index is 0.00460. The van der Waals surface area contributed by atoms with E-state index in [0.717, 1.165) is 22.8 Å². The van der Waals surface area contributed by atoms with Crippen molar-refractivity contribution in [2.24, 2.45) is 0 Å². The summed E-state index contributed by atoms with van der Waals surface area (Å²) >= 11 is 0. The number of hydrogen-bond donors (Lipinski definition) is 2. The fraction of sp³-hybridized carbons (Fsp3) is 0.312. The van der Waals surface area contributed by atoms with Gasteiger partial charge in [-0.2, -0.15) is 0 Å². The number of anilines is 2. The Kier molecular flexibility index (Phi) is 4.87. The number of aromatic nitrogens is 2. The SMILES string of the molecule is CCC(=O)Nc1cccc(NC(C)c2nccnc2C)c1. The molecule has 0 saturated heterocycles. The summed E-state index contributed by atoms with van der Waals surface area (Å²) in [4.78, 5) is 20.0. The van der Waals surface area contributed by atoms with Crippen LogP contribution < -0.4 is 10.6 Å². The molecular formula is C16H20N4O. The van der Waals surface area contributed by atoms with Gasteiger partial charge in [-0.25, -0.2) is 0 Å². The third-order valence-electron chi connectivity index (χ3n) is 3.18. The van der Waals surface area contributed by atoms with E-state index in [-0.39, 0.29) is 11.9 Å². The molecule has 1 unspecified atom stereocenters. The molecule has 1 aromatic heterocycles. The molecule has 0 fully saturated rings. The summed E-state index contributed by atoms with van der Waals surface area (Å²) in [5.41, 5.74) is 3.55. The molecule has 110 valence electrons. The fourth-order valence-corrected chi connectivity index (χ4v) is 2.10. The maximum atomic E-state index is 11.4. The number of rotatable bonds is 5. The third-order valence-corrected chi connectivity index (χ3v) is 3.18. The zero-order chi connectivity index (χ0) is 15.2. The molecule has 1 aromatic carbocycles. The van der Waals surface area contributed by atoms with E-state index >= 15 is 0 Å². The second-order valence-electron chi connectivity index (χ2n) is 4.88. The van der Waals surface area contributed by atoms with Crippen molar-refractivity contribution in [2.45, 2.75) is 33.2 Å². The minimum Gasteiger partial charge on any atom is -0.377 e. The van der Waals surface area contributed by atoms with E-state index in [0.29, 0.717) is 6.42 Å². The van der Waals surface area contributed by atoms with Gasteiger partial charge in [-0.1, -0.05) is 13.0 Å². The van der Waals surface area contributed by atoms with Crippen molar-refractivity contribution in [3.05, 3.63) is 48.0 Å². The molecule has 0 saturated carbocycles. The van der Waals surface area contributed by atoms with E-state index in [9.17, 15) is 4.79 Å². The molecule has 2 rings (SSSR count). The van der Waals surface area contributed by atoms with Crippen molar-refractivity contribution in [1.82, 2.24) is 9.97 Å². The highest BCUT2D eigenvalue weighted by atomic mass is 16.1. The van der Waals surface area contributed by atoms with Crippen LogP contribution >= 0.6 is 0 Å². The van der Waals surface area contributed by atoms with E-state index in [4.69, 9.17) is 0 Å². The Morgan fingerprint density at radius 3 is 2.67 bits per heavy atom. The van der Waals surface area contributed by atoms with Crippen molar-refractivity contribution in [1.29, 1.82) is 0 Å². The van der Waals surface area contributed by atoms with Crippen LogP contribution in [-0.4, -0.2) is 15.9 Å². The number of nitrogens with one attached hydrogen (secondary N) is 2. The predicted octanol–water partition coefficient (Wildman–Crippen LogP) is 3.31. The van der Waals surface area contributed by atoms with E-state index in [2.05, 4.69) is 20.6 Å². The van der Waals surface area contributed by atoms with Crippen LogP contribution in [0.4, 0.5) is 11.4 Å². The average Bonchev–Trinajstić information content (AvgIpc) is 2.47. The third kappa shape index (κ3) is 4.02. The lowest BCUT2D eigenvalue weighted by Crippen LogP contribution is -2.12. The Hall–Kier alpha value is -2.43. The van der Waals surface area contributed by atoms with E-state index in [1.165, 1.54) is 0 Å². The Balaban J connectivity index is 2.11. The minimum absolute atomic E-state index is 0.00460. The molecule has 2 aromatic rings. The topological polar surface area (TPSA) is 66.9 Å². The molecule has 2 N–H and O–H groups in total. The Morgan fingerprint density at radius 1 is 1.24 bits per heavy atom. The van der Waals surface area contributed by atoms with E-state index in [1.807, 2.05) is 45.0 Å². The van der Waals surface area contributed by atoms with Gasteiger partial charge in [0.05, 0.1) is 17.4 Å². The second-order valence-corrected chi connectivity index (χ2v) is 4.88. The number of carbonyl (C=O) groups is 1. The van der Waals surface area contributed by atoms with Gasteiger partial charge in [0, 0.05) is 30.2 Å². The number of nitrogens with zero attached hydrogens (tertiary/aromatic N) is 2. The van der Waals surface area contributed by atoms with E-state index in [1.54, 1.807) is 12.4 Å². The van der Waals surface area contributed by atoms with Crippen molar-refractivity contribution in [2.75, 3.05) is 10.6 Å². The van der Waals surface area contributed by atoms with Crippen LogP contribution in [0.1, 0.15) is 37.7 Å². The molecule has 0 aliphatic carbocycles. The Morgan fingerprint density at radius 2 is 1.95 bits per heavy atom. The number of hydrogen-bond acceptors (Lipinski definition) is 4. The molecule has 0 radical (unpaired) electrons. The summed E-state index contributed by atoms with van der Waals surface area (Å²) in [5, 5.41) is 6.23. The second kappa shape index (κ2) is 6.83. The van der Waals surface area contributed by atoms with Crippen molar-refractivity contribution < 1.29 is 4.79 Å². The fourth-order valence-electron chi connectivity index (χ4n) is 2.10. The Labute approximate surface area is 124 Å². The first-order chi connectivity index (χ1) is 10.1. The summed E-state index contributed by atoms with van der Waals surface area (Å²) in [7, 11) is 0. The highest BCUT2D eigenvalue weighted by molar-refractivity contribution is 5.90. The molecule has 5 nitrogen and oxygen atoms in total. The molecule has 0 bridgehead atoms. The van der Waals surface area contributed by atoms with Crippen LogP contribution in [0.25, 0.3) is 0 Å². The highest BCUT2D eigenvalue weighted by Gasteiger charge is 2.10. The average molecular weight is 284 g/mol. The first-order valence-corrected chi connectivity index (χ1v) is 7.04. The van der Waals surface area contributed by atoms with Crippen LogP contribution in [-0.2, 0) is 4.79 Å². The number of benzene rings is 1. The monoisotopic (exact) mass is 284 g/mol. The summed E-state index contributed by atoms with van der Waals surface area (Å²) < 4.78 is 0. The van der Waals surface area contributed by atoms with Gasteiger partial charge < -0.3 is 10.6 Å². The van der Waals surface area contributed by atoms with Crippen molar-refractivity contribution in [3.8, 4) is 0 Å². The smallest absolute Gasteiger partial charge is 0.224 e. The number of amides is 1. The zero-order valence-corrected chi connectivity index (χ0v) is 12.6. The number of carbonyl (C=O) groups excluding carboxylic acids is 1. The van der Waals surface area contributed by atoms with Crippen molar-refractivity contribution in [3.63, 3.8) is 0 Å². The molecule has 0 aliphatic rings. The van der Waals surface area contributed by atoms with Crippen LogP contribution in [0.3, 0.4) is 0 Å². The van der Waals surface area contributed by atoms with Gasteiger partial charge in [0.15, 0.2) is 0 Å². The predicted molar refractivity (Wildman–Crippen MR) is 84.2 cm³/mol. The van der Waals surface area contributed by atoms with Gasteiger partial charge >= 0.3 is 0 Å². The van der Waals surface area contributed by atoms with Crippen LogP contribution in [0.5, 0.6) is 0 Å². The van der Waals surface area contributed by atoms with Crippen LogP contribution in [0.2, 0.25) is 0 Å². The molecule has 1 heterocycles. The standard InChI is InChI=1S/C16H20N4O/c1-4-15(21)20-14-7-5-6-13(10-14)19-12(3)16-11(2)17-8-9-18-16/h5-10,12,19H,4H2,1-3H3,(H,20,21). The first kappa shape index (κ1) is 15.0. The summed E-state index contributed by atoms with van der Waals surface area (Å²) in [6, 6.07) is 7.69. The summed E-state index contributed by atoms with van der Waals surface area (Å²) in [5.74, 6) is 0.00460. The van der Waals surface area contributed by atoms with Crippen LogP contribution in [0, 0.1) is 6.92 Å². The summed E-state index contributed by atoms with van der Waals surface area (Å²) in [6.07, 6.45) is 3.84. The molecule has 21 heavy (non-hydrogen) atoms. The number of aryl methyl sites for hydroxylation is 1. The largest absolute Gasteiger partial charge is 0.377 e. The molecule has 1 atom stereocenters. The van der Waals surface area contributed by atoms with Crippen molar-refractivity contribution >= 4 is 17.3 Å². The lowest BCUT2D eigenvalue weighted by atomic mass is 10.1. The first-order valence-electron chi connectivity index (χ1n) is 7.04. The lowest BCUT2D eigenvalue weighted by Gasteiger charge is -2.16. The van der Waals surface area contributed by atoms with Gasteiger partial charge in [-0.15, -0.1) is 0 Å². The lowest BCUT2D eigenvalue weighted by molar-refractivity contribution is -0.115. The molecule has 0 aliphatic heterocycles. The van der Waals surface area contributed by atoms with Gasteiger partial charge in [0.2, 0.25) is 5.91 Å². The normalized spacial score (nSPS) is 11.8. The quantitative estimate of drug-likeness (QED) is 0.884. The molecule has 5 heteroatoms. The van der Waals surface area contributed by atoms with Crippen LogP contribution in [0.15, 0.2) is 36.7 Å². The molecule has 1 amide bonds. The Bertz CT molecular complexity index is 627. The maximum absolute atomic E-state index is 11.4. The van der Waals surface area contributed by atoms with E-state index < -0.39 is 0 Å².